The summed E-state index contributed by atoms with van der Waals surface area (Å²) in [5.41, 5.74) is -1.48. The largest absolute Gasteiger partial charge is 0.500 e. The third-order valence-electron chi connectivity index (χ3n) is 1.25. The molecule has 0 aromatic carbocycles. The SMILES string of the molecule is CC(C)(C)C(=O)ON(C(F)(F)F)C(F)(F)F. The highest BCUT2D eigenvalue weighted by Crippen LogP contribution is 2.34. The summed E-state index contributed by atoms with van der Waals surface area (Å²) in [4.78, 5) is 14.2. The van der Waals surface area contributed by atoms with Gasteiger partial charge in [-0.3, -0.25) is 0 Å². The van der Waals surface area contributed by atoms with Crippen molar-refractivity contribution in [1.29, 1.82) is 0 Å². The zero-order valence-corrected chi connectivity index (χ0v) is 8.53. The molecule has 0 rings (SSSR count). The van der Waals surface area contributed by atoms with Gasteiger partial charge in [-0.2, -0.15) is 26.3 Å². The molecule has 0 heterocycles. The van der Waals surface area contributed by atoms with E-state index in [1.165, 1.54) is 0 Å². The predicted octanol–water partition coefficient (Wildman–Crippen LogP) is 2.83. The molecule has 0 radical (unpaired) electrons. The number of rotatable bonds is 1. The van der Waals surface area contributed by atoms with Gasteiger partial charge in [0.25, 0.3) is 0 Å². The second-order valence-corrected chi connectivity index (χ2v) is 3.86. The summed E-state index contributed by atoms with van der Waals surface area (Å²) < 4.78 is 71.4. The second kappa shape index (κ2) is 4.11. The Kier molecular flexibility index (Phi) is 3.86. The van der Waals surface area contributed by atoms with Gasteiger partial charge in [-0.25, -0.2) is 4.79 Å². The van der Waals surface area contributed by atoms with Crippen LogP contribution in [0, 0.1) is 5.41 Å². The summed E-state index contributed by atoms with van der Waals surface area (Å²) in [6.07, 6.45) is -11.7. The summed E-state index contributed by atoms with van der Waals surface area (Å²) in [5, 5.41) is -2.23. The molecule has 96 valence electrons. The maximum Gasteiger partial charge on any atom is 0.500 e. The van der Waals surface area contributed by atoms with Gasteiger partial charge in [0.2, 0.25) is 0 Å². The number of carbonyl (C=O) groups is 1. The highest BCUT2D eigenvalue weighted by Gasteiger charge is 2.58. The number of alkyl halides is 6. The first-order valence-electron chi connectivity index (χ1n) is 3.92. The van der Waals surface area contributed by atoms with Crippen LogP contribution in [0.4, 0.5) is 26.3 Å². The van der Waals surface area contributed by atoms with Crippen molar-refractivity contribution in [2.45, 2.75) is 33.4 Å². The first kappa shape index (κ1) is 15.0. The Bertz CT molecular complexity index is 250. The number of nitrogens with zero attached hydrogens (tertiary/aromatic N) is 1. The molecule has 0 aromatic heterocycles. The molecule has 0 N–H and O–H groups in total. The Morgan fingerprint density at radius 3 is 1.44 bits per heavy atom. The van der Waals surface area contributed by atoms with E-state index >= 15 is 0 Å². The van der Waals surface area contributed by atoms with Gasteiger partial charge in [-0.05, 0) is 20.8 Å². The van der Waals surface area contributed by atoms with Crippen molar-refractivity contribution < 1.29 is 36.0 Å². The topological polar surface area (TPSA) is 29.5 Å². The van der Waals surface area contributed by atoms with Crippen LogP contribution in [0.1, 0.15) is 20.8 Å². The van der Waals surface area contributed by atoms with E-state index in [4.69, 9.17) is 0 Å². The Morgan fingerprint density at radius 2 is 1.25 bits per heavy atom. The van der Waals surface area contributed by atoms with Crippen LogP contribution >= 0.6 is 0 Å². The van der Waals surface area contributed by atoms with Crippen LogP contribution in [0.15, 0.2) is 0 Å². The van der Waals surface area contributed by atoms with Crippen molar-refractivity contribution in [3.8, 4) is 0 Å². The highest BCUT2D eigenvalue weighted by atomic mass is 19.4. The van der Waals surface area contributed by atoms with Gasteiger partial charge in [0.05, 0.1) is 10.5 Å². The van der Waals surface area contributed by atoms with Crippen molar-refractivity contribution >= 4 is 5.97 Å². The van der Waals surface area contributed by atoms with E-state index in [-0.39, 0.29) is 0 Å². The smallest absolute Gasteiger partial charge is 0.351 e. The molecule has 0 bridgehead atoms. The van der Waals surface area contributed by atoms with Crippen molar-refractivity contribution in [3.05, 3.63) is 0 Å². The molecule has 0 aliphatic heterocycles. The summed E-state index contributed by atoms with van der Waals surface area (Å²) in [5.74, 6) is -1.64. The molecule has 0 aromatic rings. The van der Waals surface area contributed by atoms with Gasteiger partial charge >= 0.3 is 18.6 Å². The summed E-state index contributed by atoms with van der Waals surface area (Å²) in [7, 11) is 0. The third kappa shape index (κ3) is 4.25. The van der Waals surface area contributed by atoms with Gasteiger partial charge < -0.3 is 4.84 Å². The standard InChI is InChI=1S/C7H9F6NO2/c1-5(2,3)4(15)16-14(6(8,9)10)7(11,12)13/h1-3H3. The van der Waals surface area contributed by atoms with E-state index in [2.05, 4.69) is 4.84 Å². The number of carbonyl (C=O) groups excluding carboxylic acids is 1. The normalized spacial score (nSPS) is 14.1. The predicted molar refractivity (Wildman–Crippen MR) is 39.5 cm³/mol. The molecule has 0 spiro atoms. The second-order valence-electron chi connectivity index (χ2n) is 3.86. The number of hydrogen-bond donors (Lipinski definition) is 0. The van der Waals surface area contributed by atoms with Crippen LogP contribution in [-0.4, -0.2) is 23.6 Å². The average molecular weight is 253 g/mol. The maximum absolute atomic E-state index is 11.9. The van der Waals surface area contributed by atoms with E-state index in [0.717, 1.165) is 20.8 Å². The van der Waals surface area contributed by atoms with Crippen LogP contribution in [0.2, 0.25) is 0 Å². The summed E-state index contributed by atoms with van der Waals surface area (Å²) in [6.45, 7) is 3.38. The zero-order valence-electron chi connectivity index (χ0n) is 8.53. The molecule has 3 nitrogen and oxygen atoms in total. The van der Waals surface area contributed by atoms with Gasteiger partial charge in [0, 0.05) is 0 Å². The van der Waals surface area contributed by atoms with E-state index in [9.17, 15) is 31.1 Å². The first-order chi connectivity index (χ1) is 6.76. The minimum absolute atomic E-state index is 1.13. The van der Waals surface area contributed by atoms with Crippen LogP contribution in [0.3, 0.4) is 0 Å². The van der Waals surface area contributed by atoms with Crippen LogP contribution in [0.25, 0.3) is 0 Å². The first-order valence-corrected chi connectivity index (χ1v) is 3.92. The fraction of sp³-hybridized carbons (Fsp3) is 0.857. The van der Waals surface area contributed by atoms with E-state index < -0.39 is 29.0 Å². The summed E-state index contributed by atoms with van der Waals surface area (Å²) >= 11 is 0. The average Bonchev–Trinajstić information content (AvgIpc) is 1.92. The molecule has 0 amide bonds. The van der Waals surface area contributed by atoms with Gasteiger partial charge in [-0.1, -0.05) is 0 Å². The number of halogens is 6. The molecule has 0 atom stereocenters. The Morgan fingerprint density at radius 1 is 0.938 bits per heavy atom. The van der Waals surface area contributed by atoms with E-state index in [1.807, 2.05) is 0 Å². The van der Waals surface area contributed by atoms with Gasteiger partial charge in [0.1, 0.15) is 0 Å². The lowest BCUT2D eigenvalue weighted by molar-refractivity contribution is -0.468. The Hall–Kier alpha value is -0.990. The lowest BCUT2D eigenvalue weighted by atomic mass is 9.98. The van der Waals surface area contributed by atoms with Crippen molar-refractivity contribution in [2.75, 3.05) is 0 Å². The van der Waals surface area contributed by atoms with Crippen LogP contribution in [0.5, 0.6) is 0 Å². The fourth-order valence-corrected chi connectivity index (χ4v) is 0.467. The number of hydrogen-bond acceptors (Lipinski definition) is 3. The molecule has 0 fully saturated rings. The number of hydroxylamine groups is 2. The van der Waals surface area contributed by atoms with E-state index in [0.29, 0.717) is 0 Å². The van der Waals surface area contributed by atoms with Crippen molar-refractivity contribution in [1.82, 2.24) is 5.06 Å². The van der Waals surface area contributed by atoms with Gasteiger partial charge in [0.15, 0.2) is 0 Å². The molecule has 9 heteroatoms. The third-order valence-corrected chi connectivity index (χ3v) is 1.25. The molecule has 16 heavy (non-hydrogen) atoms. The quantitative estimate of drug-likeness (QED) is 0.409. The van der Waals surface area contributed by atoms with Gasteiger partial charge in [-0.15, -0.1) is 0 Å². The fourth-order valence-electron chi connectivity index (χ4n) is 0.467. The molecule has 0 saturated heterocycles. The van der Waals surface area contributed by atoms with Crippen LogP contribution in [-0.2, 0) is 9.63 Å². The molecule has 0 unspecified atom stereocenters. The minimum atomic E-state index is -5.83. The molecule has 0 saturated carbocycles. The lowest BCUT2D eigenvalue weighted by Gasteiger charge is -2.27. The Labute approximate surface area is 86.9 Å². The monoisotopic (exact) mass is 253 g/mol. The lowest BCUT2D eigenvalue weighted by Crippen LogP contribution is -2.50. The molecular weight excluding hydrogens is 244 g/mol. The molecule has 0 aliphatic carbocycles. The Balaban J connectivity index is 4.93. The van der Waals surface area contributed by atoms with Crippen molar-refractivity contribution in [3.63, 3.8) is 0 Å². The highest BCUT2D eigenvalue weighted by molar-refractivity contribution is 5.75. The molecule has 0 aliphatic rings. The minimum Gasteiger partial charge on any atom is -0.351 e. The summed E-state index contributed by atoms with van der Waals surface area (Å²) in [6, 6.07) is 0. The molecular formula is C7H9F6NO2. The van der Waals surface area contributed by atoms with Crippen molar-refractivity contribution in [2.24, 2.45) is 5.41 Å². The van der Waals surface area contributed by atoms with E-state index in [1.54, 1.807) is 0 Å². The van der Waals surface area contributed by atoms with Crippen LogP contribution < -0.4 is 0 Å². The zero-order chi connectivity index (χ0) is 13.4. The maximum atomic E-state index is 11.9.